The monoisotopic (exact) mass is 497 g/mol. The first-order chi connectivity index (χ1) is 15.1. The van der Waals surface area contributed by atoms with Crippen LogP contribution < -0.4 is 20.3 Å². The summed E-state index contributed by atoms with van der Waals surface area (Å²) < 4.78 is 13.3. The van der Waals surface area contributed by atoms with E-state index in [0.717, 1.165) is 15.6 Å². The molecule has 1 N–H and O–H groups in total. The number of rotatable bonds is 4. The highest BCUT2D eigenvalue weighted by molar-refractivity contribution is 9.10. The Morgan fingerprint density at radius 2 is 1.90 bits per heavy atom. The van der Waals surface area contributed by atoms with Gasteiger partial charge in [0.1, 0.15) is 24.6 Å². The van der Waals surface area contributed by atoms with Crippen molar-refractivity contribution >= 4 is 49.1 Å². The van der Waals surface area contributed by atoms with Crippen LogP contribution in [0.15, 0.2) is 63.4 Å². The summed E-state index contributed by atoms with van der Waals surface area (Å²) in [6, 6.07) is 12.9. The number of fused-ring (bicyclic) bond motifs is 2. The predicted molar refractivity (Wildman–Crippen MR) is 123 cm³/mol. The molecule has 1 amide bonds. The molecule has 0 saturated carbocycles. The minimum Gasteiger partial charge on any atom is -0.486 e. The first-order valence-electron chi connectivity index (χ1n) is 9.50. The third-order valence-corrected chi connectivity index (χ3v) is 6.27. The Balaban J connectivity index is 1.41. The van der Waals surface area contributed by atoms with E-state index in [1.54, 1.807) is 18.2 Å². The lowest BCUT2D eigenvalue weighted by Crippen LogP contribution is -2.27. The van der Waals surface area contributed by atoms with Gasteiger partial charge in [-0.3, -0.25) is 14.2 Å². The van der Waals surface area contributed by atoms with Crippen LogP contribution in [0.5, 0.6) is 11.5 Å². The summed E-state index contributed by atoms with van der Waals surface area (Å²) in [7, 11) is 0. The molecule has 2 aromatic heterocycles. The van der Waals surface area contributed by atoms with E-state index in [2.05, 4.69) is 26.2 Å². The second kappa shape index (κ2) is 8.16. The topological polar surface area (TPSA) is 82.5 Å². The third-order valence-electron chi connectivity index (χ3n) is 4.86. The molecule has 0 unspecified atom stereocenters. The fourth-order valence-corrected chi connectivity index (χ4v) is 4.57. The summed E-state index contributed by atoms with van der Waals surface area (Å²) in [5.74, 6) is 0.898. The highest BCUT2D eigenvalue weighted by atomic mass is 79.9. The number of halogens is 1. The van der Waals surface area contributed by atoms with Crippen molar-refractivity contribution in [3.05, 3.63) is 69.0 Å². The second-order valence-corrected chi connectivity index (χ2v) is 8.69. The fourth-order valence-electron chi connectivity index (χ4n) is 3.40. The number of carbonyl (C=O) groups is 1. The van der Waals surface area contributed by atoms with Crippen molar-refractivity contribution in [3.63, 3.8) is 0 Å². The lowest BCUT2D eigenvalue weighted by atomic mass is 10.1. The average molecular weight is 498 g/mol. The molecule has 4 aromatic rings. The maximum absolute atomic E-state index is 13.1. The van der Waals surface area contributed by atoms with Gasteiger partial charge in [0.15, 0.2) is 11.5 Å². The number of thiophene rings is 1. The van der Waals surface area contributed by atoms with Gasteiger partial charge in [-0.2, -0.15) is 0 Å². The standard InChI is InChI=1S/C22H16BrN3O4S/c23-14-3-1-13(2-4-14)16-11-31-21-20(16)22(28)26(12-24-21)10-19(27)25-15-5-6-17-18(9-15)30-8-7-29-17/h1-6,9,11-12H,7-8,10H2,(H,25,27). The van der Waals surface area contributed by atoms with Gasteiger partial charge in [0.05, 0.1) is 11.7 Å². The highest BCUT2D eigenvalue weighted by Gasteiger charge is 2.16. The number of amides is 1. The molecular formula is C22H16BrN3O4S. The number of nitrogens with zero attached hydrogens (tertiary/aromatic N) is 2. The van der Waals surface area contributed by atoms with Crippen molar-refractivity contribution in [2.45, 2.75) is 6.54 Å². The molecule has 5 rings (SSSR count). The van der Waals surface area contributed by atoms with Crippen molar-refractivity contribution in [1.82, 2.24) is 9.55 Å². The Morgan fingerprint density at radius 3 is 2.71 bits per heavy atom. The molecule has 31 heavy (non-hydrogen) atoms. The van der Waals surface area contributed by atoms with Gasteiger partial charge in [-0.1, -0.05) is 28.1 Å². The Bertz CT molecular complexity index is 1350. The van der Waals surface area contributed by atoms with E-state index in [0.29, 0.717) is 40.6 Å². The minimum atomic E-state index is -0.333. The molecule has 0 fully saturated rings. The van der Waals surface area contributed by atoms with Crippen molar-refractivity contribution in [1.29, 1.82) is 0 Å². The number of aromatic nitrogens is 2. The molecule has 0 saturated heterocycles. The molecule has 0 aliphatic carbocycles. The van der Waals surface area contributed by atoms with Gasteiger partial charge >= 0.3 is 0 Å². The van der Waals surface area contributed by atoms with E-state index >= 15 is 0 Å². The van der Waals surface area contributed by atoms with E-state index in [1.165, 1.54) is 22.2 Å². The normalized spacial score (nSPS) is 12.7. The van der Waals surface area contributed by atoms with Gasteiger partial charge in [-0.05, 0) is 29.8 Å². The summed E-state index contributed by atoms with van der Waals surface area (Å²) in [5.41, 5.74) is 2.06. The molecule has 1 aliphatic rings. The quantitative estimate of drug-likeness (QED) is 0.454. The number of hydrogen-bond acceptors (Lipinski definition) is 6. The van der Waals surface area contributed by atoms with Gasteiger partial charge < -0.3 is 14.8 Å². The van der Waals surface area contributed by atoms with Gasteiger partial charge in [-0.25, -0.2) is 4.98 Å². The number of nitrogens with one attached hydrogen (secondary N) is 1. The summed E-state index contributed by atoms with van der Waals surface area (Å²) >= 11 is 4.83. The number of ether oxygens (including phenoxy) is 2. The Morgan fingerprint density at radius 1 is 1.13 bits per heavy atom. The Labute approximate surface area is 189 Å². The van der Waals surface area contributed by atoms with E-state index in [-0.39, 0.29) is 18.0 Å². The molecule has 156 valence electrons. The van der Waals surface area contributed by atoms with Gasteiger partial charge in [0, 0.05) is 27.2 Å². The first-order valence-corrected chi connectivity index (χ1v) is 11.2. The van der Waals surface area contributed by atoms with Gasteiger partial charge in [-0.15, -0.1) is 11.3 Å². The molecule has 0 atom stereocenters. The summed E-state index contributed by atoms with van der Waals surface area (Å²) in [6.07, 6.45) is 1.41. The van der Waals surface area contributed by atoms with E-state index in [1.807, 2.05) is 29.6 Å². The van der Waals surface area contributed by atoms with Crippen LogP contribution in [-0.2, 0) is 11.3 Å². The van der Waals surface area contributed by atoms with E-state index < -0.39 is 0 Å². The van der Waals surface area contributed by atoms with Crippen LogP contribution in [0.2, 0.25) is 0 Å². The van der Waals surface area contributed by atoms with Gasteiger partial charge in [0.2, 0.25) is 5.91 Å². The number of anilines is 1. The lowest BCUT2D eigenvalue weighted by Gasteiger charge is -2.19. The smallest absolute Gasteiger partial charge is 0.263 e. The maximum atomic E-state index is 13.1. The Hall–Kier alpha value is -3.17. The van der Waals surface area contributed by atoms with Crippen molar-refractivity contribution < 1.29 is 14.3 Å². The summed E-state index contributed by atoms with van der Waals surface area (Å²) in [6.45, 7) is 0.820. The van der Waals surface area contributed by atoms with Gasteiger partial charge in [0.25, 0.3) is 5.56 Å². The predicted octanol–water partition coefficient (Wildman–Crippen LogP) is 4.30. The number of hydrogen-bond donors (Lipinski definition) is 1. The van der Waals surface area contributed by atoms with E-state index in [9.17, 15) is 9.59 Å². The summed E-state index contributed by atoms with van der Waals surface area (Å²) in [4.78, 5) is 30.8. The lowest BCUT2D eigenvalue weighted by molar-refractivity contribution is -0.116. The summed E-state index contributed by atoms with van der Waals surface area (Å²) in [5, 5.41) is 5.23. The Kier molecular flexibility index (Phi) is 5.21. The van der Waals surface area contributed by atoms with Crippen LogP contribution >= 0.6 is 27.3 Å². The van der Waals surface area contributed by atoms with Crippen LogP contribution in [0.4, 0.5) is 5.69 Å². The first kappa shape index (κ1) is 19.8. The van der Waals surface area contributed by atoms with E-state index in [4.69, 9.17) is 9.47 Å². The van der Waals surface area contributed by atoms with Crippen LogP contribution in [0.25, 0.3) is 21.3 Å². The maximum Gasteiger partial charge on any atom is 0.263 e. The second-order valence-electron chi connectivity index (χ2n) is 6.92. The number of carbonyl (C=O) groups excluding carboxylic acids is 1. The van der Waals surface area contributed by atoms with Crippen molar-refractivity contribution in [2.24, 2.45) is 0 Å². The minimum absolute atomic E-state index is 0.147. The highest BCUT2D eigenvalue weighted by Crippen LogP contribution is 2.33. The van der Waals surface area contributed by atoms with Crippen molar-refractivity contribution in [2.75, 3.05) is 18.5 Å². The van der Waals surface area contributed by atoms with Crippen LogP contribution in [0.3, 0.4) is 0 Å². The zero-order chi connectivity index (χ0) is 21.4. The molecule has 1 aliphatic heterocycles. The van der Waals surface area contributed by atoms with Crippen molar-refractivity contribution in [3.8, 4) is 22.6 Å². The zero-order valence-corrected chi connectivity index (χ0v) is 18.5. The SMILES string of the molecule is O=C(Cn1cnc2scc(-c3ccc(Br)cc3)c2c1=O)Nc1ccc2c(c1)OCCO2. The molecule has 0 radical (unpaired) electrons. The largest absolute Gasteiger partial charge is 0.486 e. The van der Waals surface area contributed by atoms with Crippen LogP contribution in [0, 0.1) is 0 Å². The third kappa shape index (κ3) is 3.94. The molecular weight excluding hydrogens is 482 g/mol. The number of benzene rings is 2. The fraction of sp³-hybridized carbons (Fsp3) is 0.136. The molecule has 0 spiro atoms. The molecule has 7 nitrogen and oxygen atoms in total. The van der Waals surface area contributed by atoms with Crippen LogP contribution in [0.1, 0.15) is 0 Å². The molecule has 0 bridgehead atoms. The molecule has 3 heterocycles. The molecule has 9 heteroatoms. The zero-order valence-electron chi connectivity index (χ0n) is 16.1. The average Bonchev–Trinajstić information content (AvgIpc) is 3.21. The van der Waals surface area contributed by atoms with Crippen LogP contribution in [-0.4, -0.2) is 28.7 Å². The molecule has 2 aromatic carbocycles.